The summed E-state index contributed by atoms with van der Waals surface area (Å²) in [5.74, 6) is 0.974. The van der Waals surface area contributed by atoms with Crippen LogP contribution in [0.2, 0.25) is 0 Å². The summed E-state index contributed by atoms with van der Waals surface area (Å²) >= 11 is 0. The highest BCUT2D eigenvalue weighted by Gasteiger charge is 2.45. The average molecular weight is 239 g/mol. The first-order chi connectivity index (χ1) is 8.13. The lowest BCUT2D eigenvalue weighted by Gasteiger charge is -2.24. The van der Waals surface area contributed by atoms with Crippen LogP contribution in [0.25, 0.3) is 0 Å². The van der Waals surface area contributed by atoms with Crippen LogP contribution in [0.3, 0.4) is 0 Å². The molecule has 1 heterocycles. The fraction of sp³-hybridized carbons (Fsp3) is 1.00. The number of rotatable bonds is 7. The molecule has 1 saturated carbocycles. The van der Waals surface area contributed by atoms with Gasteiger partial charge in [-0.25, -0.2) is 0 Å². The minimum Gasteiger partial charge on any atom is -0.378 e. The summed E-state index contributed by atoms with van der Waals surface area (Å²) in [5, 5.41) is 0. The summed E-state index contributed by atoms with van der Waals surface area (Å²) in [6.07, 6.45) is 7.35. The first-order valence-corrected chi connectivity index (χ1v) is 7.47. The van der Waals surface area contributed by atoms with Gasteiger partial charge in [-0.1, -0.05) is 13.3 Å². The molecule has 2 rings (SSSR count). The van der Waals surface area contributed by atoms with E-state index in [1.165, 1.54) is 51.7 Å². The molecule has 2 fully saturated rings. The minimum atomic E-state index is 0.388. The normalized spacial score (nSPS) is 27.9. The second-order valence-electron chi connectivity index (χ2n) is 6.54. The number of hydrogen-bond donors (Lipinski definition) is 0. The molecule has 0 aromatic carbocycles. The number of ether oxygens (including phenoxy) is 1. The molecule has 0 N–H and O–H groups in total. The molecule has 0 unspecified atom stereocenters. The summed E-state index contributed by atoms with van der Waals surface area (Å²) in [6.45, 7) is 11.5. The number of nitrogens with zero attached hydrogens (tertiary/aromatic N) is 1. The van der Waals surface area contributed by atoms with Crippen molar-refractivity contribution < 1.29 is 4.74 Å². The van der Waals surface area contributed by atoms with Gasteiger partial charge in [-0.3, -0.25) is 0 Å². The van der Waals surface area contributed by atoms with Gasteiger partial charge in [-0.2, -0.15) is 0 Å². The molecule has 2 nitrogen and oxygen atoms in total. The summed E-state index contributed by atoms with van der Waals surface area (Å²) in [6, 6.07) is 0. The lowest BCUT2D eigenvalue weighted by molar-refractivity contribution is 0.0331. The largest absolute Gasteiger partial charge is 0.378 e. The lowest BCUT2D eigenvalue weighted by atomic mass is 10.0. The maximum atomic E-state index is 5.83. The smallest absolute Gasteiger partial charge is 0.0538 e. The van der Waals surface area contributed by atoms with Crippen LogP contribution in [0.1, 0.15) is 52.9 Å². The molecule has 0 amide bonds. The van der Waals surface area contributed by atoms with Crippen LogP contribution in [0.4, 0.5) is 0 Å². The Balaban J connectivity index is 1.70. The topological polar surface area (TPSA) is 12.5 Å². The third-order valence-corrected chi connectivity index (χ3v) is 4.31. The highest BCUT2D eigenvalue weighted by Crippen LogP contribution is 2.47. The van der Waals surface area contributed by atoms with Crippen molar-refractivity contribution >= 4 is 0 Å². The van der Waals surface area contributed by atoms with E-state index in [0.717, 1.165) is 12.5 Å². The van der Waals surface area contributed by atoms with Crippen LogP contribution in [-0.4, -0.2) is 37.2 Å². The summed E-state index contributed by atoms with van der Waals surface area (Å²) in [7, 11) is 0. The zero-order valence-electron chi connectivity index (χ0n) is 11.9. The van der Waals surface area contributed by atoms with Crippen molar-refractivity contribution in [1.82, 2.24) is 4.90 Å². The van der Waals surface area contributed by atoms with Crippen molar-refractivity contribution in [1.29, 1.82) is 0 Å². The van der Waals surface area contributed by atoms with E-state index >= 15 is 0 Å². The molecule has 17 heavy (non-hydrogen) atoms. The first-order valence-electron chi connectivity index (χ1n) is 7.47. The summed E-state index contributed by atoms with van der Waals surface area (Å²) in [5.41, 5.74) is 0.533. The van der Waals surface area contributed by atoms with E-state index in [-0.39, 0.29) is 0 Å². The molecule has 0 aromatic rings. The highest BCUT2D eigenvalue weighted by atomic mass is 16.5. The predicted octanol–water partition coefficient (Wildman–Crippen LogP) is 3.31. The van der Waals surface area contributed by atoms with Gasteiger partial charge in [-0.15, -0.1) is 0 Å². The fourth-order valence-electron chi connectivity index (χ4n) is 3.04. The molecule has 100 valence electrons. The van der Waals surface area contributed by atoms with Gasteiger partial charge < -0.3 is 9.64 Å². The average Bonchev–Trinajstić information content (AvgIpc) is 2.90. The monoisotopic (exact) mass is 239 g/mol. The van der Waals surface area contributed by atoms with Gasteiger partial charge >= 0.3 is 0 Å². The fourth-order valence-corrected chi connectivity index (χ4v) is 3.04. The molecule has 1 saturated heterocycles. The molecule has 1 aliphatic carbocycles. The second-order valence-corrected chi connectivity index (χ2v) is 6.54. The molecular weight excluding hydrogens is 210 g/mol. The summed E-state index contributed by atoms with van der Waals surface area (Å²) < 4.78 is 5.83. The maximum Gasteiger partial charge on any atom is 0.0538 e. The molecule has 1 atom stereocenters. The Morgan fingerprint density at radius 2 is 2.12 bits per heavy atom. The Kier molecular flexibility index (Phi) is 4.48. The first kappa shape index (κ1) is 13.4. The Morgan fingerprint density at radius 1 is 1.35 bits per heavy atom. The Bertz CT molecular complexity index is 235. The van der Waals surface area contributed by atoms with Crippen molar-refractivity contribution in [2.24, 2.45) is 11.3 Å². The lowest BCUT2D eigenvalue weighted by Crippen LogP contribution is -2.31. The molecule has 2 aliphatic rings. The van der Waals surface area contributed by atoms with Crippen LogP contribution < -0.4 is 0 Å². The molecule has 0 radical (unpaired) electrons. The number of hydrogen-bond acceptors (Lipinski definition) is 2. The standard InChI is InChI=1S/C15H29NO/c1-4-5-14-6-9-16(10-14)11-15(7-8-15)12-17-13(2)3/h13-14H,4-12H2,1-3H3/t14-/m1/s1. The third-order valence-electron chi connectivity index (χ3n) is 4.31. The number of likely N-dealkylation sites (tertiary alicyclic amines) is 1. The molecule has 0 bridgehead atoms. The van der Waals surface area contributed by atoms with Gasteiger partial charge in [-0.05, 0) is 52.0 Å². The molecule has 0 aromatic heterocycles. The van der Waals surface area contributed by atoms with Crippen molar-refractivity contribution in [3.63, 3.8) is 0 Å². The van der Waals surface area contributed by atoms with Crippen LogP contribution in [0, 0.1) is 11.3 Å². The van der Waals surface area contributed by atoms with E-state index < -0.39 is 0 Å². The van der Waals surface area contributed by atoms with Gasteiger partial charge in [0.05, 0.1) is 12.7 Å². The van der Waals surface area contributed by atoms with E-state index in [9.17, 15) is 0 Å². The molecule has 1 aliphatic heterocycles. The molecular formula is C15H29NO. The van der Waals surface area contributed by atoms with Gasteiger partial charge in [0.2, 0.25) is 0 Å². The summed E-state index contributed by atoms with van der Waals surface area (Å²) in [4.78, 5) is 2.69. The zero-order chi connectivity index (χ0) is 12.3. The predicted molar refractivity (Wildman–Crippen MR) is 72.2 cm³/mol. The quantitative estimate of drug-likeness (QED) is 0.676. The Hall–Kier alpha value is -0.0800. The van der Waals surface area contributed by atoms with Gasteiger partial charge in [0.15, 0.2) is 0 Å². The van der Waals surface area contributed by atoms with Crippen molar-refractivity contribution in [2.45, 2.75) is 59.0 Å². The van der Waals surface area contributed by atoms with Crippen molar-refractivity contribution in [3.8, 4) is 0 Å². The maximum absolute atomic E-state index is 5.83. The van der Waals surface area contributed by atoms with Crippen LogP contribution >= 0.6 is 0 Å². The van der Waals surface area contributed by atoms with Crippen molar-refractivity contribution in [2.75, 3.05) is 26.2 Å². The molecule has 0 spiro atoms. The van der Waals surface area contributed by atoms with Crippen LogP contribution in [0.5, 0.6) is 0 Å². The third kappa shape index (κ3) is 3.96. The Labute approximate surface area is 107 Å². The van der Waals surface area contributed by atoms with E-state index in [1.54, 1.807) is 0 Å². The van der Waals surface area contributed by atoms with E-state index in [1.807, 2.05) is 0 Å². The van der Waals surface area contributed by atoms with E-state index in [4.69, 9.17) is 4.74 Å². The molecule has 2 heteroatoms. The highest BCUT2D eigenvalue weighted by molar-refractivity contribution is 4.96. The second kappa shape index (κ2) is 5.71. The van der Waals surface area contributed by atoms with Gasteiger partial charge in [0, 0.05) is 18.5 Å². The van der Waals surface area contributed by atoms with Crippen LogP contribution in [0.15, 0.2) is 0 Å². The van der Waals surface area contributed by atoms with Crippen molar-refractivity contribution in [3.05, 3.63) is 0 Å². The zero-order valence-corrected chi connectivity index (χ0v) is 11.9. The van der Waals surface area contributed by atoms with E-state index in [0.29, 0.717) is 11.5 Å². The van der Waals surface area contributed by atoms with Gasteiger partial charge in [0.25, 0.3) is 0 Å². The van der Waals surface area contributed by atoms with E-state index in [2.05, 4.69) is 25.7 Å². The van der Waals surface area contributed by atoms with Gasteiger partial charge in [0.1, 0.15) is 0 Å². The minimum absolute atomic E-state index is 0.388. The SMILES string of the molecule is CCC[C@@H]1CCN(CC2(COC(C)C)CC2)C1. The van der Waals surface area contributed by atoms with Crippen LogP contribution in [-0.2, 0) is 4.74 Å². The Morgan fingerprint density at radius 3 is 2.71 bits per heavy atom.